The van der Waals surface area contributed by atoms with Gasteiger partial charge in [-0.1, -0.05) is 24.3 Å². The Balaban J connectivity index is 2.53. The van der Waals surface area contributed by atoms with Gasteiger partial charge in [0, 0.05) is 15.1 Å². The maximum absolute atomic E-state index is 12.0. The molecule has 0 amide bonds. The zero-order valence-electron chi connectivity index (χ0n) is 8.86. The standard InChI is InChI=1S/C14H10OS/c1-9-6-7-13-11(14(9)15)8-10-4-2-3-5-12(10)16-13/h2-8H,1H3. The second kappa shape index (κ2) is 3.42. The summed E-state index contributed by atoms with van der Waals surface area (Å²) >= 11 is 1.67. The highest BCUT2D eigenvalue weighted by Crippen LogP contribution is 2.31. The average Bonchev–Trinajstić information content (AvgIpc) is 2.32. The van der Waals surface area contributed by atoms with Crippen LogP contribution in [0, 0.1) is 6.92 Å². The minimum absolute atomic E-state index is 0.152. The van der Waals surface area contributed by atoms with Crippen LogP contribution in [0.2, 0.25) is 0 Å². The van der Waals surface area contributed by atoms with Crippen molar-refractivity contribution in [3.63, 3.8) is 0 Å². The molecule has 78 valence electrons. The van der Waals surface area contributed by atoms with E-state index < -0.39 is 0 Å². The zero-order valence-corrected chi connectivity index (χ0v) is 9.67. The van der Waals surface area contributed by atoms with Gasteiger partial charge in [-0.15, -0.1) is 11.3 Å². The molecule has 0 saturated carbocycles. The Morgan fingerprint density at radius 2 is 1.88 bits per heavy atom. The number of hydrogen-bond acceptors (Lipinski definition) is 2. The molecular formula is C14H10OS. The van der Waals surface area contributed by atoms with Gasteiger partial charge >= 0.3 is 0 Å². The van der Waals surface area contributed by atoms with Gasteiger partial charge in [0.2, 0.25) is 0 Å². The Morgan fingerprint density at radius 3 is 2.75 bits per heavy atom. The number of benzene rings is 2. The smallest absolute Gasteiger partial charge is 0.190 e. The molecule has 0 unspecified atom stereocenters. The van der Waals surface area contributed by atoms with Gasteiger partial charge in [0.1, 0.15) is 0 Å². The molecule has 0 N–H and O–H groups in total. The summed E-state index contributed by atoms with van der Waals surface area (Å²) in [6.45, 7) is 1.86. The molecule has 1 aliphatic carbocycles. The van der Waals surface area contributed by atoms with E-state index in [-0.39, 0.29) is 5.43 Å². The van der Waals surface area contributed by atoms with E-state index in [1.165, 1.54) is 4.70 Å². The first kappa shape index (κ1) is 9.55. The average molecular weight is 226 g/mol. The van der Waals surface area contributed by atoms with E-state index in [2.05, 4.69) is 6.07 Å². The Labute approximate surface area is 97.3 Å². The molecule has 0 radical (unpaired) electrons. The molecule has 0 aromatic heterocycles. The maximum atomic E-state index is 12.0. The van der Waals surface area contributed by atoms with Gasteiger partial charge in [-0.2, -0.15) is 0 Å². The SMILES string of the molecule is Cc1ccc2sc3ccccc3cc-2c1=O. The predicted octanol–water partition coefficient (Wildman–Crippen LogP) is 3.67. The number of hydrogen-bond donors (Lipinski definition) is 0. The van der Waals surface area contributed by atoms with Gasteiger partial charge in [-0.3, -0.25) is 4.79 Å². The largest absolute Gasteiger partial charge is 0.289 e. The van der Waals surface area contributed by atoms with Crippen LogP contribution in [0.3, 0.4) is 0 Å². The normalized spacial score (nSPS) is 11.1. The number of fused-ring (bicyclic) bond motifs is 2. The van der Waals surface area contributed by atoms with Gasteiger partial charge < -0.3 is 0 Å². The van der Waals surface area contributed by atoms with Crippen LogP contribution in [0.25, 0.3) is 20.5 Å². The summed E-state index contributed by atoms with van der Waals surface area (Å²) < 4.78 is 1.22. The minimum Gasteiger partial charge on any atom is -0.289 e. The molecule has 16 heavy (non-hydrogen) atoms. The van der Waals surface area contributed by atoms with Crippen molar-refractivity contribution in [1.82, 2.24) is 0 Å². The van der Waals surface area contributed by atoms with E-state index in [9.17, 15) is 4.79 Å². The van der Waals surface area contributed by atoms with Crippen LogP contribution >= 0.6 is 11.3 Å². The lowest BCUT2D eigenvalue weighted by Gasteiger charge is -2.06. The summed E-state index contributed by atoms with van der Waals surface area (Å²) in [5.74, 6) is 0. The fraction of sp³-hybridized carbons (Fsp3) is 0.0714. The van der Waals surface area contributed by atoms with E-state index in [1.54, 1.807) is 11.3 Å². The molecule has 2 heteroatoms. The van der Waals surface area contributed by atoms with Crippen LogP contribution in [-0.2, 0) is 0 Å². The summed E-state index contributed by atoms with van der Waals surface area (Å²) in [6, 6.07) is 14.1. The van der Waals surface area contributed by atoms with Crippen LogP contribution in [0.5, 0.6) is 0 Å². The molecule has 2 aliphatic rings. The third kappa shape index (κ3) is 1.34. The first-order chi connectivity index (χ1) is 7.75. The first-order valence-corrected chi connectivity index (χ1v) is 5.99. The zero-order chi connectivity index (χ0) is 11.1. The van der Waals surface area contributed by atoms with Crippen molar-refractivity contribution in [3.8, 4) is 10.4 Å². The lowest BCUT2D eigenvalue weighted by Crippen LogP contribution is -2.07. The number of aryl methyl sites for hydroxylation is 1. The Kier molecular flexibility index (Phi) is 2.04. The topological polar surface area (TPSA) is 17.1 Å². The van der Waals surface area contributed by atoms with Crippen molar-refractivity contribution >= 4 is 21.4 Å². The van der Waals surface area contributed by atoms with Crippen LogP contribution < -0.4 is 5.43 Å². The van der Waals surface area contributed by atoms with E-state index >= 15 is 0 Å². The molecule has 1 nitrogen and oxygen atoms in total. The molecule has 3 rings (SSSR count). The second-order valence-corrected chi connectivity index (χ2v) is 4.99. The monoisotopic (exact) mass is 226 g/mol. The lowest BCUT2D eigenvalue weighted by atomic mass is 10.1. The molecule has 0 atom stereocenters. The Morgan fingerprint density at radius 1 is 1.06 bits per heavy atom. The third-order valence-electron chi connectivity index (χ3n) is 2.79. The maximum Gasteiger partial charge on any atom is 0.190 e. The van der Waals surface area contributed by atoms with Gasteiger partial charge in [-0.05, 0) is 36.1 Å². The van der Waals surface area contributed by atoms with Crippen LogP contribution in [0.15, 0.2) is 47.3 Å². The van der Waals surface area contributed by atoms with Gasteiger partial charge in [0.15, 0.2) is 5.43 Å². The van der Waals surface area contributed by atoms with Crippen molar-refractivity contribution in [2.75, 3.05) is 0 Å². The Bertz CT molecular complexity index is 697. The summed E-state index contributed by atoms with van der Waals surface area (Å²) in [7, 11) is 0. The van der Waals surface area contributed by atoms with Gasteiger partial charge in [-0.25, -0.2) is 0 Å². The van der Waals surface area contributed by atoms with Crippen molar-refractivity contribution in [2.24, 2.45) is 0 Å². The second-order valence-electron chi connectivity index (χ2n) is 3.91. The lowest BCUT2D eigenvalue weighted by molar-refractivity contribution is 1.40. The summed E-state index contributed by atoms with van der Waals surface area (Å²) in [6.07, 6.45) is 0. The highest BCUT2D eigenvalue weighted by Gasteiger charge is 2.09. The molecule has 1 aliphatic heterocycles. The molecule has 0 spiro atoms. The van der Waals surface area contributed by atoms with Gasteiger partial charge in [0.25, 0.3) is 0 Å². The molecule has 1 aromatic carbocycles. The van der Waals surface area contributed by atoms with Crippen molar-refractivity contribution in [2.45, 2.75) is 6.92 Å². The van der Waals surface area contributed by atoms with Crippen molar-refractivity contribution < 1.29 is 0 Å². The summed E-state index contributed by atoms with van der Waals surface area (Å²) in [5.41, 5.74) is 1.80. The first-order valence-electron chi connectivity index (χ1n) is 5.18. The highest BCUT2D eigenvalue weighted by molar-refractivity contribution is 7.21. The van der Waals surface area contributed by atoms with Crippen LogP contribution in [-0.4, -0.2) is 0 Å². The van der Waals surface area contributed by atoms with E-state index in [0.29, 0.717) is 0 Å². The van der Waals surface area contributed by atoms with E-state index in [1.807, 2.05) is 43.3 Å². The fourth-order valence-corrected chi connectivity index (χ4v) is 2.91. The fourth-order valence-electron chi connectivity index (χ4n) is 1.88. The molecule has 1 aromatic rings. The Hall–Kier alpha value is -1.67. The van der Waals surface area contributed by atoms with Crippen molar-refractivity contribution in [1.29, 1.82) is 0 Å². The predicted molar refractivity (Wildman–Crippen MR) is 69.5 cm³/mol. The minimum atomic E-state index is 0.152. The number of rotatable bonds is 0. The third-order valence-corrected chi connectivity index (χ3v) is 3.96. The van der Waals surface area contributed by atoms with Gasteiger partial charge in [0.05, 0.1) is 0 Å². The summed E-state index contributed by atoms with van der Waals surface area (Å²) in [4.78, 5) is 13.0. The highest BCUT2D eigenvalue weighted by atomic mass is 32.1. The quantitative estimate of drug-likeness (QED) is 0.534. The molecule has 0 saturated heterocycles. The molecule has 0 fully saturated rings. The molecule has 0 bridgehead atoms. The van der Waals surface area contributed by atoms with E-state index in [0.717, 1.165) is 21.4 Å². The molecular weight excluding hydrogens is 216 g/mol. The van der Waals surface area contributed by atoms with E-state index in [4.69, 9.17) is 0 Å². The van der Waals surface area contributed by atoms with Crippen LogP contribution in [0.1, 0.15) is 5.56 Å². The van der Waals surface area contributed by atoms with Crippen molar-refractivity contribution in [3.05, 3.63) is 58.3 Å². The summed E-state index contributed by atoms with van der Waals surface area (Å²) in [5, 5.41) is 1.14. The van der Waals surface area contributed by atoms with Crippen LogP contribution in [0.4, 0.5) is 0 Å². The molecule has 1 heterocycles.